The molecule has 2 aromatic heterocycles. The van der Waals surface area contributed by atoms with Gasteiger partial charge in [-0.2, -0.15) is 0 Å². The standard InChI is InChI=1S/C21H18N4O3/c1-13-5-4-10-24-17(26)11-15(22-18(13)24)12-25-19(27)21(23-20(25)28)9-8-14-6-2-3-7-16(14)21/h2-7,10-11H,8-9,12H2,1H3,(H,23,28). The smallest absolute Gasteiger partial charge is 0.319 e. The highest BCUT2D eigenvalue weighted by Gasteiger charge is 2.55. The number of amides is 3. The van der Waals surface area contributed by atoms with Crippen LogP contribution in [0.25, 0.3) is 5.65 Å². The predicted molar refractivity (Wildman–Crippen MR) is 102 cm³/mol. The van der Waals surface area contributed by atoms with E-state index in [0.29, 0.717) is 17.8 Å². The largest absolute Gasteiger partial charge is 0.325 e. The number of aryl methyl sites for hydroxylation is 2. The summed E-state index contributed by atoms with van der Waals surface area (Å²) < 4.78 is 1.46. The Bertz CT molecular complexity index is 1220. The maximum atomic E-state index is 13.3. The molecule has 3 aromatic rings. The minimum Gasteiger partial charge on any atom is -0.319 e. The van der Waals surface area contributed by atoms with Gasteiger partial charge in [-0.15, -0.1) is 0 Å². The molecule has 140 valence electrons. The molecule has 0 bridgehead atoms. The van der Waals surface area contributed by atoms with Crippen molar-refractivity contribution in [2.75, 3.05) is 0 Å². The first-order chi connectivity index (χ1) is 13.5. The van der Waals surface area contributed by atoms with Crippen molar-refractivity contribution in [3.63, 3.8) is 0 Å². The second kappa shape index (κ2) is 5.76. The molecule has 0 radical (unpaired) electrons. The Balaban J connectivity index is 1.53. The van der Waals surface area contributed by atoms with Gasteiger partial charge in [0.25, 0.3) is 11.5 Å². The van der Waals surface area contributed by atoms with E-state index in [1.165, 1.54) is 15.4 Å². The van der Waals surface area contributed by atoms with Gasteiger partial charge in [-0.05, 0) is 42.5 Å². The van der Waals surface area contributed by atoms with E-state index >= 15 is 0 Å². The van der Waals surface area contributed by atoms with Crippen LogP contribution in [0.3, 0.4) is 0 Å². The van der Waals surface area contributed by atoms with Gasteiger partial charge >= 0.3 is 6.03 Å². The Morgan fingerprint density at radius 1 is 1.14 bits per heavy atom. The highest BCUT2D eigenvalue weighted by Crippen LogP contribution is 2.41. The van der Waals surface area contributed by atoms with Crippen molar-refractivity contribution in [3.05, 3.63) is 81.4 Å². The highest BCUT2D eigenvalue weighted by atomic mass is 16.2. The fraction of sp³-hybridized carbons (Fsp3) is 0.238. The van der Waals surface area contributed by atoms with Crippen molar-refractivity contribution < 1.29 is 9.59 Å². The summed E-state index contributed by atoms with van der Waals surface area (Å²) in [5.74, 6) is -0.283. The number of benzene rings is 1. The molecular weight excluding hydrogens is 356 g/mol. The normalized spacial score (nSPS) is 20.8. The van der Waals surface area contributed by atoms with Gasteiger partial charge in [0, 0.05) is 12.3 Å². The van der Waals surface area contributed by atoms with Crippen molar-refractivity contribution in [2.24, 2.45) is 0 Å². The highest BCUT2D eigenvalue weighted by molar-refractivity contribution is 6.08. The molecule has 3 heterocycles. The van der Waals surface area contributed by atoms with Crippen LogP contribution < -0.4 is 10.9 Å². The van der Waals surface area contributed by atoms with Crippen LogP contribution in [0, 0.1) is 6.92 Å². The summed E-state index contributed by atoms with van der Waals surface area (Å²) in [4.78, 5) is 44.0. The number of carbonyl (C=O) groups excluding carboxylic acids is 2. The summed E-state index contributed by atoms with van der Waals surface area (Å²) in [6.45, 7) is 1.83. The molecule has 28 heavy (non-hydrogen) atoms. The number of nitrogens with zero attached hydrogens (tertiary/aromatic N) is 3. The number of nitrogens with one attached hydrogen (secondary N) is 1. The van der Waals surface area contributed by atoms with Crippen LogP contribution in [0.15, 0.2) is 53.5 Å². The van der Waals surface area contributed by atoms with Crippen LogP contribution in [-0.4, -0.2) is 26.2 Å². The lowest BCUT2D eigenvalue weighted by Gasteiger charge is -2.22. The van der Waals surface area contributed by atoms with E-state index in [1.54, 1.807) is 12.3 Å². The van der Waals surface area contributed by atoms with E-state index < -0.39 is 11.6 Å². The fourth-order valence-corrected chi connectivity index (χ4v) is 4.29. The number of hydrogen-bond donors (Lipinski definition) is 1. The Morgan fingerprint density at radius 3 is 2.82 bits per heavy atom. The SMILES string of the molecule is Cc1cccn2c(=O)cc(CN3C(=O)NC4(CCc5ccccc54)C3=O)nc12. The van der Waals surface area contributed by atoms with E-state index in [1.807, 2.05) is 37.3 Å². The summed E-state index contributed by atoms with van der Waals surface area (Å²) in [6, 6.07) is 12.3. The van der Waals surface area contributed by atoms with Crippen molar-refractivity contribution in [1.29, 1.82) is 0 Å². The first-order valence-corrected chi connectivity index (χ1v) is 9.20. The third kappa shape index (κ3) is 2.22. The first-order valence-electron chi connectivity index (χ1n) is 9.20. The molecule has 1 fully saturated rings. The second-order valence-electron chi connectivity index (χ2n) is 7.35. The molecule has 1 spiro atoms. The molecule has 1 aromatic carbocycles. The zero-order valence-electron chi connectivity index (χ0n) is 15.3. The number of hydrogen-bond acceptors (Lipinski definition) is 4. The third-order valence-corrected chi connectivity index (χ3v) is 5.68. The Morgan fingerprint density at radius 2 is 1.96 bits per heavy atom. The predicted octanol–water partition coefficient (Wildman–Crippen LogP) is 1.90. The number of imide groups is 1. The van der Waals surface area contributed by atoms with Crippen molar-refractivity contribution in [3.8, 4) is 0 Å². The number of carbonyl (C=O) groups is 2. The van der Waals surface area contributed by atoms with Crippen LogP contribution >= 0.6 is 0 Å². The maximum absolute atomic E-state index is 13.3. The van der Waals surface area contributed by atoms with Crippen molar-refractivity contribution in [2.45, 2.75) is 31.8 Å². The Kier molecular flexibility index (Phi) is 3.43. The van der Waals surface area contributed by atoms with Crippen LogP contribution in [0.5, 0.6) is 0 Å². The minimum absolute atomic E-state index is 0.0331. The van der Waals surface area contributed by atoms with Gasteiger partial charge in [-0.1, -0.05) is 30.3 Å². The molecule has 1 N–H and O–H groups in total. The molecular formula is C21H18N4O3. The molecule has 1 aliphatic carbocycles. The van der Waals surface area contributed by atoms with Gasteiger partial charge in [0.1, 0.15) is 11.2 Å². The lowest BCUT2D eigenvalue weighted by molar-refractivity contribution is -0.132. The van der Waals surface area contributed by atoms with Crippen molar-refractivity contribution >= 4 is 17.6 Å². The average Bonchev–Trinajstić information content (AvgIpc) is 3.16. The molecule has 1 atom stereocenters. The number of rotatable bonds is 2. The zero-order chi connectivity index (χ0) is 19.5. The van der Waals surface area contributed by atoms with Crippen molar-refractivity contribution in [1.82, 2.24) is 19.6 Å². The topological polar surface area (TPSA) is 83.8 Å². The van der Waals surface area contributed by atoms with Gasteiger partial charge in [-0.3, -0.25) is 18.9 Å². The zero-order valence-corrected chi connectivity index (χ0v) is 15.3. The quantitative estimate of drug-likeness (QED) is 0.695. The summed E-state index contributed by atoms with van der Waals surface area (Å²) >= 11 is 0. The molecule has 0 saturated carbocycles. The summed E-state index contributed by atoms with van der Waals surface area (Å²) in [5, 5.41) is 2.90. The lowest BCUT2D eigenvalue weighted by Crippen LogP contribution is -2.41. The third-order valence-electron chi connectivity index (χ3n) is 5.68. The fourth-order valence-electron chi connectivity index (χ4n) is 4.29. The monoisotopic (exact) mass is 374 g/mol. The molecule has 3 amide bonds. The van der Waals surface area contributed by atoms with E-state index in [0.717, 1.165) is 23.1 Å². The van der Waals surface area contributed by atoms with E-state index in [4.69, 9.17) is 0 Å². The number of pyridine rings is 1. The van der Waals surface area contributed by atoms with Crippen LogP contribution in [0.4, 0.5) is 4.79 Å². The van der Waals surface area contributed by atoms with Gasteiger partial charge in [0.15, 0.2) is 0 Å². The van der Waals surface area contributed by atoms with Gasteiger partial charge in [-0.25, -0.2) is 9.78 Å². The minimum atomic E-state index is -1.00. The molecule has 1 saturated heterocycles. The summed E-state index contributed by atoms with van der Waals surface area (Å²) in [6.07, 6.45) is 2.94. The lowest BCUT2D eigenvalue weighted by atomic mass is 9.92. The number of aromatic nitrogens is 2. The van der Waals surface area contributed by atoms with E-state index in [-0.39, 0.29) is 18.0 Å². The van der Waals surface area contributed by atoms with E-state index in [9.17, 15) is 14.4 Å². The molecule has 1 unspecified atom stereocenters. The first kappa shape index (κ1) is 16.7. The Hall–Kier alpha value is -3.48. The summed E-state index contributed by atoms with van der Waals surface area (Å²) in [7, 11) is 0. The summed E-state index contributed by atoms with van der Waals surface area (Å²) in [5.41, 5.74) is 2.46. The van der Waals surface area contributed by atoms with Crippen LogP contribution in [-0.2, 0) is 23.3 Å². The molecule has 7 nitrogen and oxygen atoms in total. The molecule has 2 aliphatic rings. The number of urea groups is 1. The van der Waals surface area contributed by atoms with E-state index in [2.05, 4.69) is 10.3 Å². The Labute approximate surface area is 160 Å². The van der Waals surface area contributed by atoms with Crippen LogP contribution in [0.2, 0.25) is 0 Å². The van der Waals surface area contributed by atoms with Gasteiger partial charge in [0.05, 0.1) is 12.2 Å². The molecule has 1 aliphatic heterocycles. The van der Waals surface area contributed by atoms with Gasteiger partial charge < -0.3 is 5.32 Å². The van der Waals surface area contributed by atoms with Gasteiger partial charge in [0.2, 0.25) is 0 Å². The van der Waals surface area contributed by atoms with Crippen LogP contribution in [0.1, 0.15) is 28.8 Å². The second-order valence-corrected chi connectivity index (χ2v) is 7.35. The maximum Gasteiger partial charge on any atom is 0.325 e. The number of fused-ring (bicyclic) bond motifs is 3. The average molecular weight is 374 g/mol. The molecule has 7 heteroatoms. The molecule has 5 rings (SSSR count).